The molecular weight excluding hydrogens is 353 g/mol. The Kier molecular flexibility index (Phi) is 4.34. The molecule has 0 amide bonds. The van der Waals surface area contributed by atoms with Gasteiger partial charge in [-0.05, 0) is 59.7 Å². The van der Waals surface area contributed by atoms with Gasteiger partial charge in [0.05, 0.1) is 10.6 Å². The molecule has 1 aliphatic rings. The predicted octanol–water partition coefficient (Wildman–Crippen LogP) is 4.27. The molecule has 1 aromatic carbocycles. The van der Waals surface area contributed by atoms with E-state index in [1.165, 1.54) is 33.8 Å². The van der Waals surface area contributed by atoms with Gasteiger partial charge in [0.25, 0.3) is 0 Å². The summed E-state index contributed by atoms with van der Waals surface area (Å²) >= 11 is 1.72. The fraction of sp³-hybridized carbons (Fsp3) is 0.176. The van der Waals surface area contributed by atoms with Gasteiger partial charge in [-0.15, -0.1) is 0 Å². The summed E-state index contributed by atoms with van der Waals surface area (Å²) in [4.78, 5) is 5.92. The molecule has 3 aromatic rings. The van der Waals surface area contributed by atoms with Crippen molar-refractivity contribution in [2.75, 3.05) is 0 Å². The predicted molar refractivity (Wildman–Crippen MR) is 83.4 cm³/mol. The van der Waals surface area contributed by atoms with E-state index < -0.39 is 0 Å². The van der Waals surface area contributed by atoms with Crippen LogP contribution >= 0.6 is 11.3 Å². The minimum atomic E-state index is 0. The van der Waals surface area contributed by atoms with Crippen LogP contribution in [-0.4, -0.2) is 9.55 Å². The van der Waals surface area contributed by atoms with Crippen molar-refractivity contribution >= 4 is 11.3 Å². The molecule has 103 valence electrons. The number of aromatic nitrogens is 2. The van der Waals surface area contributed by atoms with Crippen molar-refractivity contribution in [1.82, 2.24) is 9.55 Å². The van der Waals surface area contributed by atoms with Crippen molar-refractivity contribution in [3.63, 3.8) is 0 Å². The van der Waals surface area contributed by atoms with Crippen LogP contribution in [-0.2, 0) is 45.6 Å². The molecule has 21 heavy (non-hydrogen) atoms. The van der Waals surface area contributed by atoms with Gasteiger partial charge in [0.15, 0.2) is 0 Å². The van der Waals surface area contributed by atoms with Crippen molar-refractivity contribution in [3.8, 4) is 16.1 Å². The summed E-state index contributed by atoms with van der Waals surface area (Å²) in [5.74, 6) is 0. The van der Waals surface area contributed by atoms with Crippen molar-refractivity contribution in [2.24, 2.45) is 0 Å². The average molecular weight is 368 g/mol. The molecule has 0 fully saturated rings. The van der Waals surface area contributed by atoms with Crippen molar-refractivity contribution in [2.45, 2.75) is 19.3 Å². The number of fused-ring (bicyclic) bond motifs is 3. The van der Waals surface area contributed by atoms with E-state index in [0.717, 1.165) is 17.8 Å². The van der Waals surface area contributed by atoms with E-state index in [2.05, 4.69) is 59.2 Å². The quantitative estimate of drug-likeness (QED) is 0.587. The summed E-state index contributed by atoms with van der Waals surface area (Å²) in [6.07, 6.45) is 7.54. The van der Waals surface area contributed by atoms with Crippen LogP contribution < -0.4 is 0 Å². The minimum absolute atomic E-state index is 0. The summed E-state index contributed by atoms with van der Waals surface area (Å²) in [7, 11) is 0. The van der Waals surface area contributed by atoms with Gasteiger partial charge in [0, 0.05) is 50.8 Å². The number of thiazole rings is 1. The van der Waals surface area contributed by atoms with Crippen LogP contribution in [0.15, 0.2) is 42.7 Å². The average Bonchev–Trinajstić information content (AvgIpc) is 3.06. The Bertz CT molecular complexity index is 759. The SMILES string of the molecule is [CH2-]c1nc2c(s1)-c1cc(-n3cccc3)ccc1CCC2.[Y]. The van der Waals surface area contributed by atoms with Crippen molar-refractivity contribution in [1.29, 1.82) is 0 Å². The van der Waals surface area contributed by atoms with Crippen LogP contribution in [0.4, 0.5) is 0 Å². The third-order valence-electron chi connectivity index (χ3n) is 3.84. The number of benzene rings is 1. The molecule has 2 aromatic heterocycles. The van der Waals surface area contributed by atoms with E-state index in [4.69, 9.17) is 0 Å². The summed E-state index contributed by atoms with van der Waals surface area (Å²) < 4.78 is 2.15. The molecule has 0 unspecified atom stereocenters. The second-order valence-corrected chi connectivity index (χ2v) is 6.25. The zero-order valence-corrected chi connectivity index (χ0v) is 15.4. The standard InChI is InChI=1S/C17H15N2S.Y/c1-12-18-16-6-4-5-13-7-8-14(19-9-2-3-10-19)11-15(13)17(16)20-12;/h2-3,7-11H,1,4-6H2;/q-1;. The molecule has 1 radical (unpaired) electrons. The Hall–Kier alpha value is -0.896. The van der Waals surface area contributed by atoms with Crippen LogP contribution in [0.3, 0.4) is 0 Å². The Morgan fingerprint density at radius 3 is 2.76 bits per heavy atom. The maximum atomic E-state index is 4.60. The maximum absolute atomic E-state index is 4.60. The van der Waals surface area contributed by atoms with Crippen molar-refractivity contribution < 1.29 is 32.7 Å². The van der Waals surface area contributed by atoms with Gasteiger partial charge in [-0.1, -0.05) is 6.07 Å². The number of hydrogen-bond donors (Lipinski definition) is 0. The van der Waals surface area contributed by atoms with Crippen molar-refractivity contribution in [3.05, 3.63) is 65.9 Å². The number of hydrogen-bond acceptors (Lipinski definition) is 2. The molecule has 0 aliphatic heterocycles. The van der Waals surface area contributed by atoms with E-state index in [1.807, 2.05) is 0 Å². The van der Waals surface area contributed by atoms with Gasteiger partial charge in [-0.2, -0.15) is 11.3 Å². The summed E-state index contributed by atoms with van der Waals surface area (Å²) in [6.45, 7) is 4.00. The molecule has 0 spiro atoms. The van der Waals surface area contributed by atoms with Gasteiger partial charge in [-0.3, -0.25) is 4.98 Å². The topological polar surface area (TPSA) is 17.8 Å². The monoisotopic (exact) mass is 368 g/mol. The van der Waals surface area contributed by atoms with Crippen LogP contribution in [0.5, 0.6) is 0 Å². The summed E-state index contributed by atoms with van der Waals surface area (Å²) in [5, 5.41) is 0.925. The first-order valence-electron chi connectivity index (χ1n) is 6.89. The molecule has 4 rings (SSSR count). The van der Waals surface area contributed by atoms with Gasteiger partial charge < -0.3 is 11.5 Å². The molecule has 2 nitrogen and oxygen atoms in total. The zero-order valence-electron chi connectivity index (χ0n) is 11.7. The molecular formula is C17H15N2SY-. The van der Waals surface area contributed by atoms with E-state index in [1.54, 1.807) is 11.3 Å². The van der Waals surface area contributed by atoms with E-state index in [9.17, 15) is 0 Å². The van der Waals surface area contributed by atoms with Gasteiger partial charge in [0.1, 0.15) is 0 Å². The Balaban J connectivity index is 0.00000132. The van der Waals surface area contributed by atoms with Gasteiger partial charge in [-0.25, -0.2) is 0 Å². The second-order valence-electron chi connectivity index (χ2n) is 5.17. The molecule has 0 atom stereocenters. The van der Waals surface area contributed by atoms with Crippen LogP contribution in [0.1, 0.15) is 22.7 Å². The smallest absolute Gasteiger partial charge is 0.0563 e. The normalized spacial score (nSPS) is 13.0. The fourth-order valence-corrected chi connectivity index (χ4v) is 3.85. The second kappa shape index (κ2) is 6.08. The van der Waals surface area contributed by atoms with E-state index in [-0.39, 0.29) is 32.7 Å². The molecule has 0 N–H and O–H groups in total. The summed E-state index contributed by atoms with van der Waals surface area (Å²) in [6, 6.07) is 10.9. The van der Waals surface area contributed by atoms with Crippen LogP contribution in [0.25, 0.3) is 16.1 Å². The third kappa shape index (κ3) is 2.75. The van der Waals surface area contributed by atoms with Crippen LogP contribution in [0, 0.1) is 6.92 Å². The molecule has 0 saturated carbocycles. The molecule has 0 saturated heterocycles. The third-order valence-corrected chi connectivity index (χ3v) is 4.83. The largest absolute Gasteiger partial charge is 0.346 e. The summed E-state index contributed by atoms with van der Waals surface area (Å²) in [5.41, 5.74) is 5.21. The first kappa shape index (κ1) is 15.0. The van der Waals surface area contributed by atoms with Gasteiger partial charge >= 0.3 is 0 Å². The fourth-order valence-electron chi connectivity index (χ4n) is 2.89. The molecule has 1 aliphatic carbocycles. The van der Waals surface area contributed by atoms with Gasteiger partial charge in [0.2, 0.25) is 0 Å². The Labute approximate surface area is 154 Å². The first-order chi connectivity index (χ1) is 9.81. The number of rotatable bonds is 1. The Morgan fingerprint density at radius 2 is 1.95 bits per heavy atom. The molecule has 0 bridgehead atoms. The number of nitrogens with zero attached hydrogens (tertiary/aromatic N) is 2. The Morgan fingerprint density at radius 1 is 1.14 bits per heavy atom. The van der Waals surface area contributed by atoms with Crippen LogP contribution in [0.2, 0.25) is 0 Å². The molecule has 2 heterocycles. The molecule has 4 heteroatoms. The van der Waals surface area contributed by atoms with E-state index >= 15 is 0 Å². The zero-order chi connectivity index (χ0) is 13.5. The minimum Gasteiger partial charge on any atom is -0.346 e. The first-order valence-corrected chi connectivity index (χ1v) is 7.71. The van der Waals surface area contributed by atoms with E-state index in [0.29, 0.717) is 0 Å². The maximum Gasteiger partial charge on any atom is 0.0563 e. The number of aryl methyl sites for hydroxylation is 2.